The molecule has 1 aliphatic carbocycles. The molecule has 3 N–H and O–H groups in total. The Hall–Kier alpha value is -0.270. The molecule has 0 aromatic carbocycles. The van der Waals surface area contributed by atoms with E-state index in [1.807, 2.05) is 13.8 Å². The monoisotopic (exact) mass is 336 g/mol. The van der Waals surface area contributed by atoms with E-state index in [-0.39, 0.29) is 23.6 Å². The first-order valence-corrected chi connectivity index (χ1v) is 10.7. The van der Waals surface area contributed by atoms with Crippen LogP contribution < -0.4 is 11.1 Å². The molecule has 2 atom stereocenters. The van der Waals surface area contributed by atoms with Gasteiger partial charge in [-0.25, -0.2) is 8.42 Å². The molecule has 0 aliphatic heterocycles. The zero-order valence-electron chi connectivity index (χ0n) is 13.2. The Morgan fingerprint density at radius 2 is 2.10 bits per heavy atom. The molecule has 1 saturated carbocycles. The molecule has 7 heteroatoms. The van der Waals surface area contributed by atoms with Gasteiger partial charge in [0, 0.05) is 18.1 Å². The van der Waals surface area contributed by atoms with Crippen LogP contribution in [-0.4, -0.2) is 49.4 Å². The van der Waals surface area contributed by atoms with Crippen LogP contribution in [0.1, 0.15) is 39.5 Å². The van der Waals surface area contributed by atoms with Gasteiger partial charge in [0.25, 0.3) is 0 Å². The fourth-order valence-electron chi connectivity index (χ4n) is 3.11. The minimum absolute atomic E-state index is 0.216. The van der Waals surface area contributed by atoms with Gasteiger partial charge in [-0.1, -0.05) is 6.42 Å². The molecular weight excluding hydrogens is 308 g/mol. The number of amides is 1. The summed E-state index contributed by atoms with van der Waals surface area (Å²) in [7, 11) is -2.88. The van der Waals surface area contributed by atoms with Crippen molar-refractivity contribution in [3.05, 3.63) is 0 Å². The molecule has 0 saturated heterocycles. The Bertz CT molecular complexity index is 451. The molecule has 0 spiro atoms. The van der Waals surface area contributed by atoms with Crippen LogP contribution in [0.25, 0.3) is 0 Å². The molecule has 0 bridgehead atoms. The standard InChI is InChI=1S/C14H28N2O3S2/c1-11(2)16-14(13(15)17)7-4-5-12(14)6-8-20-9-10-21(3,18)19/h11-12,16H,4-10H2,1-3H3,(H2,15,17). The second kappa shape index (κ2) is 7.83. The number of rotatable bonds is 9. The van der Waals surface area contributed by atoms with Crippen molar-refractivity contribution in [2.75, 3.05) is 23.5 Å². The van der Waals surface area contributed by atoms with Gasteiger partial charge in [0.05, 0.1) is 5.75 Å². The minimum atomic E-state index is -2.88. The van der Waals surface area contributed by atoms with Crippen molar-refractivity contribution in [3.63, 3.8) is 0 Å². The molecule has 124 valence electrons. The van der Waals surface area contributed by atoms with Crippen LogP contribution in [0.3, 0.4) is 0 Å². The summed E-state index contributed by atoms with van der Waals surface area (Å²) in [4.78, 5) is 12.0. The van der Waals surface area contributed by atoms with E-state index < -0.39 is 15.4 Å². The lowest BCUT2D eigenvalue weighted by Crippen LogP contribution is -2.60. The zero-order valence-corrected chi connectivity index (χ0v) is 14.9. The predicted molar refractivity (Wildman–Crippen MR) is 89.2 cm³/mol. The fourth-order valence-corrected chi connectivity index (χ4v) is 5.44. The largest absolute Gasteiger partial charge is 0.368 e. The molecule has 2 unspecified atom stereocenters. The second-order valence-electron chi connectivity index (χ2n) is 6.25. The Balaban J connectivity index is 2.50. The van der Waals surface area contributed by atoms with Crippen LogP contribution in [0.5, 0.6) is 0 Å². The number of hydrogen-bond acceptors (Lipinski definition) is 5. The first-order valence-electron chi connectivity index (χ1n) is 7.50. The third-order valence-corrected chi connectivity index (χ3v) is 6.24. The molecule has 0 radical (unpaired) electrons. The Kier molecular flexibility index (Phi) is 7.00. The Labute approximate surface area is 132 Å². The first-order chi connectivity index (χ1) is 9.67. The van der Waals surface area contributed by atoms with Crippen molar-refractivity contribution in [1.82, 2.24) is 5.32 Å². The van der Waals surface area contributed by atoms with E-state index >= 15 is 0 Å². The number of carbonyl (C=O) groups excluding carboxylic acids is 1. The van der Waals surface area contributed by atoms with Gasteiger partial charge in [0.1, 0.15) is 15.4 Å². The average molecular weight is 337 g/mol. The van der Waals surface area contributed by atoms with Gasteiger partial charge in [0.15, 0.2) is 0 Å². The third kappa shape index (κ3) is 5.79. The zero-order chi connectivity index (χ0) is 16.1. The van der Waals surface area contributed by atoms with Gasteiger partial charge in [0.2, 0.25) is 5.91 Å². The highest BCUT2D eigenvalue weighted by Gasteiger charge is 2.47. The fraction of sp³-hybridized carbons (Fsp3) is 0.929. The minimum Gasteiger partial charge on any atom is -0.368 e. The van der Waals surface area contributed by atoms with E-state index in [9.17, 15) is 13.2 Å². The lowest BCUT2D eigenvalue weighted by molar-refractivity contribution is -0.126. The molecule has 0 aromatic heterocycles. The van der Waals surface area contributed by atoms with E-state index in [0.717, 1.165) is 31.4 Å². The highest BCUT2D eigenvalue weighted by Crippen LogP contribution is 2.38. The van der Waals surface area contributed by atoms with E-state index in [4.69, 9.17) is 5.73 Å². The highest BCUT2D eigenvalue weighted by molar-refractivity contribution is 8.00. The van der Waals surface area contributed by atoms with Gasteiger partial charge >= 0.3 is 0 Å². The highest BCUT2D eigenvalue weighted by atomic mass is 32.2. The maximum Gasteiger partial charge on any atom is 0.238 e. The molecule has 1 fully saturated rings. The van der Waals surface area contributed by atoms with Gasteiger partial charge in [-0.3, -0.25) is 4.79 Å². The molecule has 0 heterocycles. The number of nitrogens with one attached hydrogen (secondary N) is 1. The SMILES string of the molecule is CC(C)NC1(C(N)=O)CCCC1CCSCCS(C)(=O)=O. The molecule has 1 aliphatic rings. The van der Waals surface area contributed by atoms with Crippen molar-refractivity contribution in [2.45, 2.75) is 51.1 Å². The van der Waals surface area contributed by atoms with Crippen LogP contribution in [0.4, 0.5) is 0 Å². The molecular formula is C14H28N2O3S2. The van der Waals surface area contributed by atoms with E-state index in [1.54, 1.807) is 11.8 Å². The summed E-state index contributed by atoms with van der Waals surface area (Å²) in [6.07, 6.45) is 4.99. The predicted octanol–water partition coefficient (Wildman–Crippen LogP) is 1.18. The van der Waals surface area contributed by atoms with Crippen molar-refractivity contribution in [2.24, 2.45) is 11.7 Å². The summed E-state index contributed by atoms with van der Waals surface area (Å²) >= 11 is 1.64. The van der Waals surface area contributed by atoms with Crippen LogP contribution in [-0.2, 0) is 14.6 Å². The van der Waals surface area contributed by atoms with Crippen molar-refractivity contribution >= 4 is 27.5 Å². The molecule has 1 amide bonds. The number of carbonyl (C=O) groups is 1. The van der Waals surface area contributed by atoms with Crippen molar-refractivity contribution < 1.29 is 13.2 Å². The van der Waals surface area contributed by atoms with Gasteiger partial charge in [-0.05, 0) is 44.8 Å². The van der Waals surface area contributed by atoms with E-state index in [0.29, 0.717) is 5.75 Å². The smallest absolute Gasteiger partial charge is 0.238 e. The average Bonchev–Trinajstić information content (AvgIpc) is 2.70. The number of sulfone groups is 1. The number of primary amides is 1. The summed E-state index contributed by atoms with van der Waals surface area (Å²) in [6, 6.07) is 0.219. The van der Waals surface area contributed by atoms with Crippen LogP contribution in [0, 0.1) is 5.92 Å². The molecule has 0 aromatic rings. The lowest BCUT2D eigenvalue weighted by Gasteiger charge is -2.35. The quantitative estimate of drug-likeness (QED) is 0.617. The topological polar surface area (TPSA) is 89.3 Å². The van der Waals surface area contributed by atoms with E-state index in [1.165, 1.54) is 6.26 Å². The van der Waals surface area contributed by atoms with Gasteiger partial charge < -0.3 is 11.1 Å². The molecule has 5 nitrogen and oxygen atoms in total. The van der Waals surface area contributed by atoms with Gasteiger partial charge in [-0.2, -0.15) is 11.8 Å². The number of nitrogens with two attached hydrogens (primary N) is 1. The maximum absolute atomic E-state index is 12.0. The maximum atomic E-state index is 12.0. The van der Waals surface area contributed by atoms with Crippen LogP contribution >= 0.6 is 11.8 Å². The number of hydrogen-bond donors (Lipinski definition) is 2. The first kappa shape index (κ1) is 18.8. The third-order valence-electron chi connectivity index (χ3n) is 4.02. The second-order valence-corrected chi connectivity index (χ2v) is 9.74. The number of thioether (sulfide) groups is 1. The summed E-state index contributed by atoms with van der Waals surface area (Å²) < 4.78 is 22.2. The van der Waals surface area contributed by atoms with Crippen LogP contribution in [0.2, 0.25) is 0 Å². The summed E-state index contributed by atoms with van der Waals surface area (Å²) in [5, 5.41) is 3.39. The van der Waals surface area contributed by atoms with Crippen molar-refractivity contribution in [1.29, 1.82) is 0 Å². The summed E-state index contributed by atoms with van der Waals surface area (Å²) in [5.41, 5.74) is 5.09. The molecule has 1 rings (SSSR count). The summed E-state index contributed by atoms with van der Waals surface area (Å²) in [5.74, 6) is 1.71. The van der Waals surface area contributed by atoms with Crippen molar-refractivity contribution in [3.8, 4) is 0 Å². The van der Waals surface area contributed by atoms with Gasteiger partial charge in [-0.15, -0.1) is 0 Å². The lowest BCUT2D eigenvalue weighted by atomic mass is 9.83. The molecule has 21 heavy (non-hydrogen) atoms. The Morgan fingerprint density at radius 1 is 1.43 bits per heavy atom. The normalized spacial score (nSPS) is 26.4. The van der Waals surface area contributed by atoms with Crippen LogP contribution in [0.15, 0.2) is 0 Å². The van der Waals surface area contributed by atoms with E-state index in [2.05, 4.69) is 5.32 Å². The Morgan fingerprint density at radius 3 is 2.62 bits per heavy atom. The summed E-state index contributed by atoms with van der Waals surface area (Å²) in [6.45, 7) is 4.06.